The van der Waals surface area contributed by atoms with Gasteiger partial charge in [-0.1, -0.05) is 6.07 Å². The van der Waals surface area contributed by atoms with E-state index in [0.717, 1.165) is 60.6 Å². The molecule has 2 atom stereocenters. The van der Waals surface area contributed by atoms with Gasteiger partial charge in [0.25, 0.3) is 0 Å². The molecule has 9 nitrogen and oxygen atoms in total. The Hall–Kier alpha value is -2.75. The third kappa shape index (κ3) is 4.08. The molecule has 5 rings (SSSR count). The second kappa shape index (κ2) is 8.41. The van der Waals surface area contributed by atoms with Crippen LogP contribution in [0.25, 0.3) is 11.2 Å². The van der Waals surface area contributed by atoms with Crippen molar-refractivity contribution in [3.63, 3.8) is 0 Å². The molecule has 0 amide bonds. The molecule has 0 bridgehead atoms. The molecule has 2 saturated heterocycles. The fourth-order valence-corrected chi connectivity index (χ4v) is 4.56. The Labute approximate surface area is 182 Å². The van der Waals surface area contributed by atoms with Gasteiger partial charge in [0.2, 0.25) is 5.88 Å². The second-order valence-corrected chi connectivity index (χ2v) is 8.55. The first kappa shape index (κ1) is 20.2. The number of fused-ring (bicyclic) bond motifs is 1. The van der Waals surface area contributed by atoms with Crippen molar-refractivity contribution < 1.29 is 4.74 Å². The fraction of sp³-hybridized carbons (Fsp3) is 0.500. The van der Waals surface area contributed by atoms with Crippen molar-refractivity contribution in [3.05, 3.63) is 41.9 Å². The number of rotatable bonds is 5. The molecular weight excluding hydrogens is 392 g/mol. The van der Waals surface area contributed by atoms with E-state index >= 15 is 0 Å². The number of likely N-dealkylation sites (tertiary alicyclic amines) is 1. The molecule has 164 valence electrons. The number of hydrogen-bond donors (Lipinski definition) is 3. The highest BCUT2D eigenvalue weighted by molar-refractivity contribution is 5.73. The Balaban J connectivity index is 1.30. The number of pyridine rings is 1. The van der Waals surface area contributed by atoms with Crippen LogP contribution in [-0.2, 0) is 0 Å². The molecule has 0 aromatic carbocycles. The van der Waals surface area contributed by atoms with E-state index in [1.54, 1.807) is 7.11 Å². The van der Waals surface area contributed by atoms with Gasteiger partial charge in [0, 0.05) is 29.9 Å². The SMILES string of the molecule is COc1nc(C)ccc1C1CC(Nc2cnc3ccn(C4CCN(C)CC4)c3n2)NN1. The van der Waals surface area contributed by atoms with E-state index in [0.29, 0.717) is 11.9 Å². The molecule has 2 unspecified atom stereocenters. The van der Waals surface area contributed by atoms with E-state index in [4.69, 9.17) is 9.72 Å². The summed E-state index contributed by atoms with van der Waals surface area (Å²) < 4.78 is 7.78. The van der Waals surface area contributed by atoms with Gasteiger partial charge in [-0.05, 0) is 52.0 Å². The van der Waals surface area contributed by atoms with Crippen LogP contribution in [0.3, 0.4) is 0 Å². The molecule has 0 spiro atoms. The van der Waals surface area contributed by atoms with E-state index in [9.17, 15) is 0 Å². The lowest BCUT2D eigenvalue weighted by Gasteiger charge is -2.30. The summed E-state index contributed by atoms with van der Waals surface area (Å²) in [6, 6.07) is 6.72. The zero-order chi connectivity index (χ0) is 21.4. The molecule has 3 N–H and O–H groups in total. The van der Waals surface area contributed by atoms with Gasteiger partial charge in [-0.3, -0.25) is 0 Å². The number of anilines is 1. The minimum atomic E-state index is 0.0227. The number of aromatic nitrogens is 4. The van der Waals surface area contributed by atoms with Gasteiger partial charge in [-0.2, -0.15) is 0 Å². The lowest BCUT2D eigenvalue weighted by molar-refractivity contribution is 0.223. The van der Waals surface area contributed by atoms with Crippen LogP contribution < -0.4 is 20.9 Å². The van der Waals surface area contributed by atoms with Crippen molar-refractivity contribution in [1.82, 2.24) is 35.3 Å². The summed E-state index contributed by atoms with van der Waals surface area (Å²) in [4.78, 5) is 16.4. The van der Waals surface area contributed by atoms with Crippen LogP contribution in [0, 0.1) is 6.92 Å². The van der Waals surface area contributed by atoms with Gasteiger partial charge in [0.1, 0.15) is 11.3 Å². The zero-order valence-corrected chi connectivity index (χ0v) is 18.3. The Bertz CT molecular complexity index is 1060. The number of nitrogens with one attached hydrogen (secondary N) is 3. The predicted octanol–water partition coefficient (Wildman–Crippen LogP) is 2.39. The maximum absolute atomic E-state index is 5.48. The van der Waals surface area contributed by atoms with Gasteiger partial charge in [-0.15, -0.1) is 0 Å². The smallest absolute Gasteiger partial charge is 0.218 e. The van der Waals surface area contributed by atoms with Crippen molar-refractivity contribution in [2.24, 2.45) is 0 Å². The summed E-state index contributed by atoms with van der Waals surface area (Å²) in [6.07, 6.45) is 7.08. The molecule has 2 fully saturated rings. The molecule has 2 aliphatic rings. The van der Waals surface area contributed by atoms with Gasteiger partial charge >= 0.3 is 0 Å². The third-order valence-electron chi connectivity index (χ3n) is 6.32. The van der Waals surface area contributed by atoms with Crippen molar-refractivity contribution in [2.45, 2.75) is 44.4 Å². The summed E-state index contributed by atoms with van der Waals surface area (Å²) in [5, 5.41) is 3.48. The molecule has 2 aliphatic heterocycles. The maximum atomic E-state index is 5.48. The number of methoxy groups -OCH3 is 1. The van der Waals surface area contributed by atoms with Gasteiger partial charge in [0.05, 0.1) is 25.5 Å². The van der Waals surface area contributed by atoms with E-state index in [1.807, 2.05) is 19.2 Å². The number of hydrazine groups is 1. The minimum Gasteiger partial charge on any atom is -0.481 e. The van der Waals surface area contributed by atoms with Crippen LogP contribution >= 0.6 is 0 Å². The zero-order valence-electron chi connectivity index (χ0n) is 18.3. The van der Waals surface area contributed by atoms with E-state index < -0.39 is 0 Å². The van der Waals surface area contributed by atoms with Crippen LogP contribution in [0.4, 0.5) is 5.82 Å². The quantitative estimate of drug-likeness (QED) is 0.577. The van der Waals surface area contributed by atoms with Crippen LogP contribution in [0.1, 0.15) is 42.6 Å². The maximum Gasteiger partial charge on any atom is 0.218 e. The average molecular weight is 423 g/mol. The van der Waals surface area contributed by atoms with E-state index in [2.05, 4.69) is 61.0 Å². The summed E-state index contributed by atoms with van der Waals surface area (Å²) in [7, 11) is 3.84. The lowest BCUT2D eigenvalue weighted by Crippen LogP contribution is -2.36. The van der Waals surface area contributed by atoms with Crippen molar-refractivity contribution in [2.75, 3.05) is 32.6 Å². The van der Waals surface area contributed by atoms with Crippen LogP contribution in [-0.4, -0.2) is 57.8 Å². The third-order valence-corrected chi connectivity index (χ3v) is 6.32. The highest BCUT2D eigenvalue weighted by Crippen LogP contribution is 2.30. The topological polar surface area (TPSA) is 92.2 Å². The summed E-state index contributed by atoms with van der Waals surface area (Å²) in [5.74, 6) is 1.44. The lowest BCUT2D eigenvalue weighted by atomic mass is 10.1. The van der Waals surface area contributed by atoms with E-state index in [1.165, 1.54) is 0 Å². The number of ether oxygens (including phenoxy) is 1. The molecule has 9 heteroatoms. The minimum absolute atomic E-state index is 0.0227. The first-order valence-electron chi connectivity index (χ1n) is 10.9. The molecule has 0 radical (unpaired) electrons. The highest BCUT2D eigenvalue weighted by atomic mass is 16.5. The largest absolute Gasteiger partial charge is 0.481 e. The Morgan fingerprint density at radius 2 is 1.97 bits per heavy atom. The summed E-state index contributed by atoms with van der Waals surface area (Å²) in [6.45, 7) is 4.20. The first-order valence-corrected chi connectivity index (χ1v) is 10.9. The van der Waals surface area contributed by atoms with Crippen LogP contribution in [0.15, 0.2) is 30.6 Å². The van der Waals surface area contributed by atoms with Gasteiger partial charge < -0.3 is 19.5 Å². The normalized spacial score (nSPS) is 22.8. The highest BCUT2D eigenvalue weighted by Gasteiger charge is 2.28. The van der Waals surface area contributed by atoms with Gasteiger partial charge in [0.15, 0.2) is 5.65 Å². The van der Waals surface area contributed by atoms with Gasteiger partial charge in [-0.25, -0.2) is 25.8 Å². The van der Waals surface area contributed by atoms with Crippen LogP contribution in [0.5, 0.6) is 5.88 Å². The molecule has 3 aromatic heterocycles. The van der Waals surface area contributed by atoms with Crippen molar-refractivity contribution in [3.8, 4) is 5.88 Å². The van der Waals surface area contributed by atoms with Crippen molar-refractivity contribution in [1.29, 1.82) is 0 Å². The molecule has 3 aromatic rings. The van der Waals surface area contributed by atoms with Crippen molar-refractivity contribution >= 4 is 17.0 Å². The second-order valence-electron chi connectivity index (χ2n) is 8.55. The summed E-state index contributed by atoms with van der Waals surface area (Å²) in [5.41, 5.74) is 10.5. The standard InChI is InChI=1S/C22H30N8O/c1-14-4-5-16(22(24-14)31-3)18-12-19(28-27-18)25-20-13-23-17-8-11-30(21(17)26-20)15-6-9-29(2)10-7-15/h4-5,8,11,13,15,18-19,27-28H,6-7,9-10,12H2,1-3H3,(H,25,26). The fourth-order valence-electron chi connectivity index (χ4n) is 4.56. The predicted molar refractivity (Wildman–Crippen MR) is 120 cm³/mol. The molecule has 31 heavy (non-hydrogen) atoms. The van der Waals surface area contributed by atoms with E-state index in [-0.39, 0.29) is 12.2 Å². The average Bonchev–Trinajstić information content (AvgIpc) is 3.41. The Morgan fingerprint density at radius 3 is 2.77 bits per heavy atom. The number of hydrogen-bond acceptors (Lipinski definition) is 8. The monoisotopic (exact) mass is 422 g/mol. The Kier molecular flexibility index (Phi) is 5.47. The number of aryl methyl sites for hydroxylation is 1. The van der Waals surface area contributed by atoms with Crippen LogP contribution in [0.2, 0.25) is 0 Å². The first-order chi connectivity index (χ1) is 15.1. The molecular formula is C22H30N8O. The molecule has 0 aliphatic carbocycles. The molecule has 5 heterocycles. The Morgan fingerprint density at radius 1 is 1.13 bits per heavy atom. The number of nitrogens with zero attached hydrogens (tertiary/aromatic N) is 5. The molecule has 0 saturated carbocycles. The number of piperidine rings is 1. The summed E-state index contributed by atoms with van der Waals surface area (Å²) >= 11 is 0.